The van der Waals surface area contributed by atoms with Gasteiger partial charge in [0.2, 0.25) is 0 Å². The summed E-state index contributed by atoms with van der Waals surface area (Å²) in [4.78, 5) is 6.94. The summed E-state index contributed by atoms with van der Waals surface area (Å²) in [5.41, 5.74) is 0.946. The topological polar surface area (TPSA) is 58.1 Å². The van der Waals surface area contributed by atoms with Crippen LogP contribution in [0.15, 0.2) is 53.5 Å². The predicted octanol–water partition coefficient (Wildman–Crippen LogP) is 4.44. The number of para-hydroxylation sites is 2. The van der Waals surface area contributed by atoms with E-state index in [4.69, 9.17) is 14.5 Å². The van der Waals surface area contributed by atoms with Crippen molar-refractivity contribution in [1.82, 2.24) is 10.6 Å². The Kier molecular flexibility index (Phi) is 10.9. The van der Waals surface area contributed by atoms with Crippen LogP contribution >= 0.6 is 24.0 Å². The maximum absolute atomic E-state index is 13.5. The van der Waals surface area contributed by atoms with Crippen LogP contribution < -0.4 is 25.0 Å². The van der Waals surface area contributed by atoms with Crippen LogP contribution in [0.5, 0.6) is 11.5 Å². The zero-order valence-corrected chi connectivity index (χ0v) is 21.3. The van der Waals surface area contributed by atoms with Gasteiger partial charge in [-0.15, -0.1) is 24.0 Å². The molecule has 6 nitrogen and oxygen atoms in total. The Balaban J connectivity index is 0.00000363. The van der Waals surface area contributed by atoms with E-state index in [1.54, 1.807) is 19.2 Å². The molecule has 32 heavy (non-hydrogen) atoms. The fourth-order valence-electron chi connectivity index (χ4n) is 3.66. The second-order valence-corrected chi connectivity index (χ2v) is 7.68. The Bertz CT molecular complexity index is 859. The summed E-state index contributed by atoms with van der Waals surface area (Å²) in [5.74, 6) is 2.04. The lowest BCUT2D eigenvalue weighted by atomic mass is 10.0. The molecule has 0 saturated carbocycles. The summed E-state index contributed by atoms with van der Waals surface area (Å²) >= 11 is 0. The van der Waals surface area contributed by atoms with Crippen LogP contribution in [-0.4, -0.2) is 51.4 Å². The Hall–Kier alpha value is -2.23. The van der Waals surface area contributed by atoms with Crippen molar-refractivity contribution in [2.24, 2.45) is 4.99 Å². The van der Waals surface area contributed by atoms with E-state index in [-0.39, 0.29) is 35.9 Å². The molecule has 1 atom stereocenters. The second kappa shape index (κ2) is 13.3. The van der Waals surface area contributed by atoms with E-state index in [1.165, 1.54) is 6.07 Å². The first-order chi connectivity index (χ1) is 15.1. The number of piperidine rings is 1. The number of nitrogens with zero attached hydrogens (tertiary/aromatic N) is 2. The van der Waals surface area contributed by atoms with E-state index in [9.17, 15) is 4.39 Å². The molecule has 1 fully saturated rings. The minimum absolute atomic E-state index is 0. The maximum atomic E-state index is 13.5. The zero-order valence-electron chi connectivity index (χ0n) is 19.0. The lowest BCUT2D eigenvalue weighted by Gasteiger charge is -2.34. The third-order valence-electron chi connectivity index (χ3n) is 5.26. The molecule has 2 N–H and O–H groups in total. The Morgan fingerprint density at radius 1 is 1.16 bits per heavy atom. The predicted molar refractivity (Wildman–Crippen MR) is 139 cm³/mol. The first kappa shape index (κ1) is 26.0. The molecule has 1 saturated heterocycles. The fourth-order valence-corrected chi connectivity index (χ4v) is 3.66. The van der Waals surface area contributed by atoms with Gasteiger partial charge in [0.05, 0.1) is 13.7 Å². The quantitative estimate of drug-likeness (QED) is 0.286. The van der Waals surface area contributed by atoms with Crippen molar-refractivity contribution in [3.63, 3.8) is 0 Å². The second-order valence-electron chi connectivity index (χ2n) is 7.68. The lowest BCUT2D eigenvalue weighted by molar-refractivity contribution is 0.219. The number of methoxy groups -OCH3 is 1. The average molecular weight is 556 g/mol. The van der Waals surface area contributed by atoms with Crippen LogP contribution in [0.25, 0.3) is 0 Å². The molecule has 0 amide bonds. The van der Waals surface area contributed by atoms with E-state index < -0.39 is 0 Å². The average Bonchev–Trinajstić information content (AvgIpc) is 2.78. The lowest BCUT2D eigenvalue weighted by Crippen LogP contribution is -2.49. The monoisotopic (exact) mass is 556 g/mol. The van der Waals surface area contributed by atoms with Crippen molar-refractivity contribution >= 4 is 35.6 Å². The van der Waals surface area contributed by atoms with Gasteiger partial charge in [-0.25, -0.2) is 9.38 Å². The van der Waals surface area contributed by atoms with Gasteiger partial charge in [0, 0.05) is 31.4 Å². The van der Waals surface area contributed by atoms with Crippen LogP contribution in [0.1, 0.15) is 26.7 Å². The number of benzene rings is 2. The van der Waals surface area contributed by atoms with E-state index in [0.29, 0.717) is 18.3 Å². The molecule has 176 valence electrons. The van der Waals surface area contributed by atoms with Crippen molar-refractivity contribution in [2.75, 3.05) is 38.2 Å². The van der Waals surface area contributed by atoms with Gasteiger partial charge in [0.1, 0.15) is 11.9 Å². The Morgan fingerprint density at radius 3 is 2.53 bits per heavy atom. The van der Waals surface area contributed by atoms with Gasteiger partial charge in [-0.1, -0.05) is 18.2 Å². The molecule has 1 aliphatic rings. The molecular weight excluding hydrogens is 522 g/mol. The summed E-state index contributed by atoms with van der Waals surface area (Å²) in [6.45, 7) is 7.13. The van der Waals surface area contributed by atoms with Crippen molar-refractivity contribution in [1.29, 1.82) is 0 Å². The smallest absolute Gasteiger partial charge is 0.191 e. The molecule has 1 heterocycles. The Morgan fingerprint density at radius 2 is 1.88 bits per heavy atom. The molecule has 0 spiro atoms. The first-order valence-electron chi connectivity index (χ1n) is 10.9. The number of guanidine groups is 1. The summed E-state index contributed by atoms with van der Waals surface area (Å²) in [7, 11) is 1.64. The molecular formula is C24H34FIN4O2. The fraction of sp³-hybridized carbons (Fsp3) is 0.458. The van der Waals surface area contributed by atoms with Crippen LogP contribution in [0.4, 0.5) is 10.1 Å². The molecule has 1 aliphatic heterocycles. The summed E-state index contributed by atoms with van der Waals surface area (Å²) in [6.07, 6.45) is 1.84. The molecule has 8 heteroatoms. The number of ether oxygens (including phenoxy) is 2. The highest BCUT2D eigenvalue weighted by molar-refractivity contribution is 14.0. The van der Waals surface area contributed by atoms with Gasteiger partial charge in [0.25, 0.3) is 0 Å². The minimum atomic E-state index is -0.191. The van der Waals surface area contributed by atoms with Gasteiger partial charge in [-0.05, 0) is 57.0 Å². The Labute approximate surface area is 207 Å². The molecule has 2 aromatic carbocycles. The number of aliphatic imine (C=N–C) groups is 1. The molecule has 2 aromatic rings. The van der Waals surface area contributed by atoms with Gasteiger partial charge < -0.3 is 25.0 Å². The van der Waals surface area contributed by atoms with Crippen LogP contribution in [0, 0.1) is 5.82 Å². The molecule has 0 bridgehead atoms. The van der Waals surface area contributed by atoms with E-state index >= 15 is 0 Å². The summed E-state index contributed by atoms with van der Waals surface area (Å²) in [6, 6.07) is 14.8. The van der Waals surface area contributed by atoms with Crippen molar-refractivity contribution in [3.8, 4) is 11.5 Å². The number of hydrogen-bond donors (Lipinski definition) is 2. The number of rotatable bonds is 8. The zero-order chi connectivity index (χ0) is 22.1. The highest BCUT2D eigenvalue weighted by atomic mass is 127. The minimum Gasteiger partial charge on any atom is -0.493 e. The van der Waals surface area contributed by atoms with Crippen LogP contribution in [0.2, 0.25) is 0 Å². The number of hydrogen-bond acceptors (Lipinski definition) is 4. The molecule has 0 aromatic heterocycles. The van der Waals surface area contributed by atoms with Crippen LogP contribution in [-0.2, 0) is 0 Å². The van der Waals surface area contributed by atoms with E-state index in [1.807, 2.05) is 37.3 Å². The number of anilines is 1. The van der Waals surface area contributed by atoms with Gasteiger partial charge in [-0.3, -0.25) is 0 Å². The van der Waals surface area contributed by atoms with E-state index in [0.717, 1.165) is 49.9 Å². The standard InChI is InChI=1S/C24H33FN4O2.HI/c1-4-26-24(27-17-18(2)31-23-11-6-5-10-22(23)30-3)28-20-12-14-29(15-13-20)21-9-7-8-19(25)16-21;/h5-11,16,18,20H,4,12-15,17H2,1-3H3,(H2,26,27,28);1H. The third-order valence-corrected chi connectivity index (χ3v) is 5.26. The number of halogens is 2. The summed E-state index contributed by atoms with van der Waals surface area (Å²) < 4.78 is 24.9. The third kappa shape index (κ3) is 7.72. The van der Waals surface area contributed by atoms with Gasteiger partial charge in [0.15, 0.2) is 17.5 Å². The summed E-state index contributed by atoms with van der Waals surface area (Å²) in [5, 5.41) is 6.86. The molecule has 0 radical (unpaired) electrons. The molecule has 0 aliphatic carbocycles. The largest absolute Gasteiger partial charge is 0.493 e. The SMILES string of the molecule is CCNC(=NCC(C)Oc1ccccc1OC)NC1CCN(c2cccc(F)c2)CC1.I. The van der Waals surface area contributed by atoms with Gasteiger partial charge >= 0.3 is 0 Å². The van der Waals surface area contributed by atoms with Crippen molar-refractivity contribution in [3.05, 3.63) is 54.3 Å². The highest BCUT2D eigenvalue weighted by Gasteiger charge is 2.20. The molecule has 1 unspecified atom stereocenters. The molecule has 3 rings (SSSR count). The van der Waals surface area contributed by atoms with Gasteiger partial charge in [-0.2, -0.15) is 0 Å². The maximum Gasteiger partial charge on any atom is 0.191 e. The van der Waals surface area contributed by atoms with Crippen LogP contribution in [0.3, 0.4) is 0 Å². The van der Waals surface area contributed by atoms with Crippen molar-refractivity contribution in [2.45, 2.75) is 38.8 Å². The first-order valence-corrected chi connectivity index (χ1v) is 10.9. The van der Waals surface area contributed by atoms with E-state index in [2.05, 4.69) is 22.5 Å². The normalized spacial score (nSPS) is 15.5. The van der Waals surface area contributed by atoms with Crippen molar-refractivity contribution < 1.29 is 13.9 Å². The number of nitrogens with one attached hydrogen (secondary N) is 2. The highest BCUT2D eigenvalue weighted by Crippen LogP contribution is 2.26.